The van der Waals surface area contributed by atoms with E-state index in [2.05, 4.69) is 0 Å². The normalized spacial score (nSPS) is 10.3. The number of hydrogen-bond acceptors (Lipinski definition) is 2. The molecule has 0 unspecified atom stereocenters. The number of carbonyl (C=O) groups is 1. The molecule has 0 bridgehead atoms. The Labute approximate surface area is 110 Å². The molecule has 0 spiro atoms. The first-order valence-electron chi connectivity index (χ1n) is 5.67. The van der Waals surface area contributed by atoms with E-state index in [1.165, 1.54) is 18.2 Å². The summed E-state index contributed by atoms with van der Waals surface area (Å²) in [5, 5.41) is 8.66. The van der Waals surface area contributed by atoms with Crippen molar-refractivity contribution in [2.24, 2.45) is 0 Å². The summed E-state index contributed by atoms with van der Waals surface area (Å²) in [6, 6.07) is 14.3. The maximum Gasteiger partial charge on any atom is 0.185 e. The lowest BCUT2D eigenvalue weighted by Gasteiger charge is -1.96. The van der Waals surface area contributed by atoms with Crippen LogP contribution in [0.15, 0.2) is 54.6 Å². The third-order valence-electron chi connectivity index (χ3n) is 2.60. The zero-order chi connectivity index (χ0) is 13.7. The molecule has 2 rings (SSSR count). The Morgan fingerprint density at radius 3 is 2.26 bits per heavy atom. The number of nitriles is 1. The summed E-state index contributed by atoms with van der Waals surface area (Å²) in [5.41, 5.74) is 1.78. The molecule has 2 aromatic rings. The number of nitrogens with zero attached hydrogens (tertiary/aromatic N) is 1. The fourth-order valence-electron chi connectivity index (χ4n) is 1.55. The molecule has 2 nitrogen and oxygen atoms in total. The zero-order valence-corrected chi connectivity index (χ0v) is 10.0. The van der Waals surface area contributed by atoms with Crippen LogP contribution in [0.4, 0.5) is 4.39 Å². The Balaban J connectivity index is 2.12. The van der Waals surface area contributed by atoms with E-state index < -0.39 is 0 Å². The molecular formula is C16H10FNO. The second-order valence-corrected chi connectivity index (χ2v) is 3.94. The Morgan fingerprint density at radius 1 is 1.05 bits per heavy atom. The molecule has 0 aliphatic carbocycles. The Kier molecular flexibility index (Phi) is 3.84. The van der Waals surface area contributed by atoms with Gasteiger partial charge in [-0.15, -0.1) is 0 Å². The van der Waals surface area contributed by atoms with E-state index in [1.807, 2.05) is 6.07 Å². The first-order chi connectivity index (χ1) is 9.19. The van der Waals surface area contributed by atoms with E-state index in [4.69, 9.17) is 5.26 Å². The largest absolute Gasteiger partial charge is 0.289 e. The van der Waals surface area contributed by atoms with Crippen LogP contribution in [0.5, 0.6) is 0 Å². The lowest BCUT2D eigenvalue weighted by molar-refractivity contribution is 0.104. The van der Waals surface area contributed by atoms with Gasteiger partial charge in [0, 0.05) is 5.56 Å². The molecule has 19 heavy (non-hydrogen) atoms. The van der Waals surface area contributed by atoms with Gasteiger partial charge in [0.2, 0.25) is 0 Å². The Morgan fingerprint density at radius 2 is 1.68 bits per heavy atom. The molecule has 3 heteroatoms. The van der Waals surface area contributed by atoms with Gasteiger partial charge in [0.25, 0.3) is 0 Å². The van der Waals surface area contributed by atoms with Gasteiger partial charge in [0.05, 0.1) is 11.6 Å². The summed E-state index contributed by atoms with van der Waals surface area (Å²) in [7, 11) is 0. The fraction of sp³-hybridized carbons (Fsp3) is 0. The number of allylic oxidation sites excluding steroid dienone is 1. The third-order valence-corrected chi connectivity index (χ3v) is 2.60. The highest BCUT2D eigenvalue weighted by atomic mass is 19.1. The second kappa shape index (κ2) is 5.74. The highest BCUT2D eigenvalue weighted by Crippen LogP contribution is 2.08. The average molecular weight is 251 g/mol. The van der Waals surface area contributed by atoms with Gasteiger partial charge >= 0.3 is 0 Å². The number of halogens is 1. The maximum atomic E-state index is 12.7. The molecule has 2 aromatic carbocycles. The summed E-state index contributed by atoms with van der Waals surface area (Å²) in [6.45, 7) is 0. The molecule has 0 aliphatic rings. The zero-order valence-electron chi connectivity index (χ0n) is 10.0. The maximum absolute atomic E-state index is 12.7. The van der Waals surface area contributed by atoms with Gasteiger partial charge in [-0.25, -0.2) is 4.39 Å². The number of hydrogen-bond donors (Lipinski definition) is 0. The predicted molar refractivity (Wildman–Crippen MR) is 70.9 cm³/mol. The summed E-state index contributed by atoms with van der Waals surface area (Å²) in [6.07, 6.45) is 3.05. The van der Waals surface area contributed by atoms with Crippen LogP contribution in [0, 0.1) is 17.1 Å². The van der Waals surface area contributed by atoms with E-state index in [-0.39, 0.29) is 11.6 Å². The van der Waals surface area contributed by atoms with Crippen LogP contribution >= 0.6 is 0 Å². The summed E-state index contributed by atoms with van der Waals surface area (Å²) in [5.74, 6) is -0.468. The van der Waals surface area contributed by atoms with Gasteiger partial charge in [-0.05, 0) is 48.0 Å². The van der Waals surface area contributed by atoms with Crippen LogP contribution in [-0.2, 0) is 0 Å². The first kappa shape index (κ1) is 12.7. The standard InChI is InChI=1S/C16H10FNO/c17-15-8-3-12(4-9-15)5-10-16(19)14-6-1-13(11-18)2-7-14/h1-10H. The van der Waals surface area contributed by atoms with Crippen LogP contribution in [-0.4, -0.2) is 5.78 Å². The summed E-state index contributed by atoms with van der Waals surface area (Å²) < 4.78 is 12.7. The van der Waals surface area contributed by atoms with Crippen molar-refractivity contribution in [3.8, 4) is 6.07 Å². The van der Waals surface area contributed by atoms with Gasteiger partial charge in [0.1, 0.15) is 5.82 Å². The average Bonchev–Trinajstić information content (AvgIpc) is 2.46. The van der Waals surface area contributed by atoms with Crippen LogP contribution in [0.25, 0.3) is 6.08 Å². The van der Waals surface area contributed by atoms with E-state index in [9.17, 15) is 9.18 Å². The minimum Gasteiger partial charge on any atom is -0.289 e. The van der Waals surface area contributed by atoms with Gasteiger partial charge in [-0.3, -0.25) is 4.79 Å². The van der Waals surface area contributed by atoms with E-state index in [1.54, 1.807) is 42.5 Å². The number of benzene rings is 2. The van der Waals surface area contributed by atoms with Crippen molar-refractivity contribution in [2.45, 2.75) is 0 Å². The lowest BCUT2D eigenvalue weighted by Crippen LogP contribution is -1.93. The molecule has 0 radical (unpaired) electrons. The van der Waals surface area contributed by atoms with Gasteiger partial charge < -0.3 is 0 Å². The molecule has 0 aromatic heterocycles. The van der Waals surface area contributed by atoms with Gasteiger partial charge in [-0.1, -0.05) is 18.2 Å². The minimum absolute atomic E-state index is 0.159. The Bertz CT molecular complexity index is 649. The molecule has 0 saturated heterocycles. The minimum atomic E-state index is -0.310. The molecule has 92 valence electrons. The van der Waals surface area contributed by atoms with Crippen molar-refractivity contribution >= 4 is 11.9 Å². The molecule has 0 amide bonds. The van der Waals surface area contributed by atoms with Crippen molar-refractivity contribution in [2.75, 3.05) is 0 Å². The molecule has 0 atom stereocenters. The molecule has 0 aliphatic heterocycles. The quantitative estimate of drug-likeness (QED) is 0.617. The van der Waals surface area contributed by atoms with Gasteiger partial charge in [0.15, 0.2) is 5.78 Å². The topological polar surface area (TPSA) is 40.9 Å². The van der Waals surface area contributed by atoms with E-state index in [0.717, 1.165) is 5.56 Å². The van der Waals surface area contributed by atoms with Crippen molar-refractivity contribution in [3.63, 3.8) is 0 Å². The number of rotatable bonds is 3. The van der Waals surface area contributed by atoms with Crippen LogP contribution in [0.2, 0.25) is 0 Å². The molecule has 0 fully saturated rings. The fourth-order valence-corrected chi connectivity index (χ4v) is 1.55. The smallest absolute Gasteiger partial charge is 0.185 e. The monoisotopic (exact) mass is 251 g/mol. The lowest BCUT2D eigenvalue weighted by atomic mass is 10.1. The van der Waals surface area contributed by atoms with Crippen molar-refractivity contribution in [1.82, 2.24) is 0 Å². The first-order valence-corrected chi connectivity index (χ1v) is 5.67. The number of ketones is 1. The Hall–Kier alpha value is -2.73. The van der Waals surface area contributed by atoms with Gasteiger partial charge in [-0.2, -0.15) is 5.26 Å². The molecule has 0 heterocycles. The van der Waals surface area contributed by atoms with Crippen LogP contribution < -0.4 is 0 Å². The predicted octanol–water partition coefficient (Wildman–Crippen LogP) is 3.59. The highest BCUT2D eigenvalue weighted by Gasteiger charge is 2.01. The van der Waals surface area contributed by atoms with Crippen LogP contribution in [0.1, 0.15) is 21.5 Å². The highest BCUT2D eigenvalue weighted by molar-refractivity contribution is 6.06. The number of carbonyl (C=O) groups excluding carboxylic acids is 1. The summed E-state index contributed by atoms with van der Waals surface area (Å²) >= 11 is 0. The van der Waals surface area contributed by atoms with Crippen molar-refractivity contribution in [3.05, 3.63) is 77.1 Å². The molecule has 0 N–H and O–H groups in total. The molecule has 0 saturated carbocycles. The van der Waals surface area contributed by atoms with Crippen molar-refractivity contribution in [1.29, 1.82) is 5.26 Å². The van der Waals surface area contributed by atoms with Crippen LogP contribution in [0.3, 0.4) is 0 Å². The SMILES string of the molecule is N#Cc1ccc(C(=O)C=Cc2ccc(F)cc2)cc1. The summed E-state index contributed by atoms with van der Waals surface area (Å²) in [4.78, 5) is 11.8. The second-order valence-electron chi connectivity index (χ2n) is 3.94. The van der Waals surface area contributed by atoms with E-state index in [0.29, 0.717) is 11.1 Å². The van der Waals surface area contributed by atoms with E-state index >= 15 is 0 Å². The van der Waals surface area contributed by atoms with Crippen molar-refractivity contribution < 1.29 is 9.18 Å². The molecular weight excluding hydrogens is 241 g/mol. The third kappa shape index (κ3) is 3.36.